The largest absolute Gasteiger partial charge is 0.496 e. The zero-order chi connectivity index (χ0) is 20.1. The molecule has 0 saturated carbocycles. The highest BCUT2D eigenvalue weighted by molar-refractivity contribution is 5.92. The average Bonchev–Trinajstić information content (AvgIpc) is 3.22. The number of piperidine rings is 1. The zero-order valence-corrected chi connectivity index (χ0v) is 16.7. The fourth-order valence-corrected chi connectivity index (χ4v) is 3.91. The first-order valence-electron chi connectivity index (χ1n) is 10.1. The molecule has 7 heteroatoms. The van der Waals surface area contributed by atoms with E-state index in [-0.39, 0.29) is 11.7 Å². The number of rotatable bonds is 6. The Kier molecular flexibility index (Phi) is 5.97. The summed E-state index contributed by atoms with van der Waals surface area (Å²) in [6.07, 6.45) is 4.16. The second-order valence-corrected chi connectivity index (χ2v) is 7.31. The van der Waals surface area contributed by atoms with Crippen molar-refractivity contribution in [3.05, 3.63) is 53.9 Å². The van der Waals surface area contributed by atoms with E-state index in [1.165, 1.54) is 0 Å². The summed E-state index contributed by atoms with van der Waals surface area (Å²) in [5.41, 5.74) is 2.50. The maximum Gasteiger partial charge on any atom is 0.269 e. The lowest BCUT2D eigenvalue weighted by Crippen LogP contribution is -2.45. The Morgan fingerprint density at radius 1 is 1.17 bits per heavy atom. The predicted octanol–water partition coefficient (Wildman–Crippen LogP) is 2.41. The van der Waals surface area contributed by atoms with Crippen LogP contribution in [0.5, 0.6) is 5.75 Å². The topological polar surface area (TPSA) is 72.9 Å². The van der Waals surface area contributed by atoms with Crippen molar-refractivity contribution in [1.82, 2.24) is 10.3 Å². The molecule has 7 nitrogen and oxygen atoms in total. The molecule has 2 aliphatic rings. The molecule has 2 aromatic rings. The van der Waals surface area contributed by atoms with E-state index in [9.17, 15) is 4.79 Å². The lowest BCUT2D eigenvalue weighted by molar-refractivity contribution is -0.169. The molecule has 1 aromatic heterocycles. The number of nitrogens with one attached hydrogen (secondary N) is 1. The number of nitrogens with zero attached hydrogens (tertiary/aromatic N) is 2. The molecule has 0 bridgehead atoms. The average molecular weight is 397 g/mol. The van der Waals surface area contributed by atoms with Crippen LogP contribution in [0.25, 0.3) is 0 Å². The lowest BCUT2D eigenvalue weighted by Gasteiger charge is -2.38. The molecule has 3 heterocycles. The third-order valence-electron chi connectivity index (χ3n) is 5.56. The highest BCUT2D eigenvalue weighted by Gasteiger charge is 2.39. The summed E-state index contributed by atoms with van der Waals surface area (Å²) in [4.78, 5) is 19.0. The number of carbonyl (C=O) groups excluding carboxylic acids is 1. The molecule has 0 atom stereocenters. The van der Waals surface area contributed by atoms with Gasteiger partial charge in [0.15, 0.2) is 5.79 Å². The SMILES string of the molecule is COc1ccccc1CCNC(=O)c1ccc(N2CCC3(CC2)OCCO3)cn1. The molecule has 0 radical (unpaired) electrons. The van der Waals surface area contributed by atoms with Gasteiger partial charge in [0.1, 0.15) is 11.4 Å². The standard InChI is InChI=1S/C22H27N3O4/c1-27-20-5-3-2-4-17(20)8-11-23-21(26)19-7-6-18(16-24-19)25-12-9-22(10-13-25)28-14-15-29-22/h2-7,16H,8-15H2,1H3,(H,23,26). The first-order chi connectivity index (χ1) is 14.2. The Morgan fingerprint density at radius 2 is 1.93 bits per heavy atom. The second kappa shape index (κ2) is 8.80. The van der Waals surface area contributed by atoms with Crippen LogP contribution in [0.3, 0.4) is 0 Å². The lowest BCUT2D eigenvalue weighted by atomic mass is 10.0. The van der Waals surface area contributed by atoms with Gasteiger partial charge in [0.2, 0.25) is 0 Å². The van der Waals surface area contributed by atoms with Crippen LogP contribution in [0, 0.1) is 0 Å². The summed E-state index contributed by atoms with van der Waals surface area (Å²) in [6, 6.07) is 11.6. The molecular formula is C22H27N3O4. The van der Waals surface area contributed by atoms with E-state index in [1.54, 1.807) is 19.4 Å². The van der Waals surface area contributed by atoms with E-state index in [0.717, 1.165) is 42.9 Å². The van der Waals surface area contributed by atoms with Crippen LogP contribution in [-0.2, 0) is 15.9 Å². The van der Waals surface area contributed by atoms with Gasteiger partial charge < -0.3 is 24.4 Å². The van der Waals surface area contributed by atoms with Crippen LogP contribution in [0.4, 0.5) is 5.69 Å². The Balaban J connectivity index is 1.28. The van der Waals surface area contributed by atoms with E-state index in [2.05, 4.69) is 15.2 Å². The van der Waals surface area contributed by atoms with Gasteiger partial charge in [-0.15, -0.1) is 0 Å². The number of para-hydroxylation sites is 1. The van der Waals surface area contributed by atoms with Crippen molar-refractivity contribution in [2.24, 2.45) is 0 Å². The highest BCUT2D eigenvalue weighted by Crippen LogP contribution is 2.33. The minimum Gasteiger partial charge on any atom is -0.496 e. The number of methoxy groups -OCH3 is 1. The number of ether oxygens (including phenoxy) is 3. The van der Waals surface area contributed by atoms with Gasteiger partial charge in [0.05, 0.1) is 32.2 Å². The van der Waals surface area contributed by atoms with E-state index >= 15 is 0 Å². The quantitative estimate of drug-likeness (QED) is 0.807. The minimum absolute atomic E-state index is 0.170. The van der Waals surface area contributed by atoms with E-state index in [1.807, 2.05) is 30.3 Å². The summed E-state index contributed by atoms with van der Waals surface area (Å²) in [7, 11) is 1.65. The fourth-order valence-electron chi connectivity index (χ4n) is 3.91. The van der Waals surface area contributed by atoms with Crippen molar-refractivity contribution in [3.8, 4) is 5.75 Å². The van der Waals surface area contributed by atoms with Crippen molar-refractivity contribution in [2.45, 2.75) is 25.0 Å². The number of carbonyl (C=O) groups is 1. The summed E-state index contributed by atoms with van der Waals surface area (Å²) in [5, 5.41) is 2.93. The van der Waals surface area contributed by atoms with E-state index in [4.69, 9.17) is 14.2 Å². The Hall–Kier alpha value is -2.64. The number of hydrogen-bond acceptors (Lipinski definition) is 6. The molecule has 2 aliphatic heterocycles. The van der Waals surface area contributed by atoms with Crippen LogP contribution in [-0.4, -0.2) is 56.6 Å². The van der Waals surface area contributed by atoms with Gasteiger partial charge in [-0.25, -0.2) is 4.98 Å². The van der Waals surface area contributed by atoms with Gasteiger partial charge in [0, 0.05) is 32.5 Å². The van der Waals surface area contributed by atoms with Gasteiger partial charge in [-0.1, -0.05) is 18.2 Å². The first kappa shape index (κ1) is 19.7. The normalized spacial score (nSPS) is 18.0. The minimum atomic E-state index is -0.384. The third-order valence-corrected chi connectivity index (χ3v) is 5.56. The monoisotopic (exact) mass is 397 g/mol. The van der Waals surface area contributed by atoms with Crippen LogP contribution >= 0.6 is 0 Å². The second-order valence-electron chi connectivity index (χ2n) is 7.31. The first-order valence-corrected chi connectivity index (χ1v) is 10.1. The maximum absolute atomic E-state index is 12.4. The molecule has 0 unspecified atom stereocenters. The number of hydrogen-bond donors (Lipinski definition) is 1. The van der Waals surface area contributed by atoms with Crippen molar-refractivity contribution >= 4 is 11.6 Å². The van der Waals surface area contributed by atoms with Crippen LogP contribution in [0.1, 0.15) is 28.9 Å². The predicted molar refractivity (Wildman–Crippen MR) is 109 cm³/mol. The van der Waals surface area contributed by atoms with Crippen LogP contribution in [0.2, 0.25) is 0 Å². The summed E-state index contributed by atoms with van der Waals surface area (Å²) in [5.74, 6) is 0.281. The van der Waals surface area contributed by atoms with E-state index < -0.39 is 0 Å². The van der Waals surface area contributed by atoms with Crippen LogP contribution < -0.4 is 15.0 Å². The van der Waals surface area contributed by atoms with Crippen molar-refractivity contribution in [1.29, 1.82) is 0 Å². The number of anilines is 1. The van der Waals surface area contributed by atoms with Crippen molar-refractivity contribution in [3.63, 3.8) is 0 Å². The molecule has 154 valence electrons. The molecular weight excluding hydrogens is 370 g/mol. The number of pyridine rings is 1. The smallest absolute Gasteiger partial charge is 0.269 e. The molecule has 1 N–H and O–H groups in total. The Labute approximate surface area is 171 Å². The van der Waals surface area contributed by atoms with Gasteiger partial charge in [-0.2, -0.15) is 0 Å². The van der Waals surface area contributed by atoms with Gasteiger partial charge in [-0.05, 0) is 30.2 Å². The molecule has 29 heavy (non-hydrogen) atoms. The molecule has 1 aromatic carbocycles. The maximum atomic E-state index is 12.4. The van der Waals surface area contributed by atoms with Gasteiger partial charge >= 0.3 is 0 Å². The molecule has 2 saturated heterocycles. The third kappa shape index (κ3) is 4.52. The summed E-state index contributed by atoms with van der Waals surface area (Å²) >= 11 is 0. The molecule has 2 fully saturated rings. The zero-order valence-electron chi connectivity index (χ0n) is 16.7. The van der Waals surface area contributed by atoms with Gasteiger partial charge in [-0.3, -0.25) is 4.79 Å². The van der Waals surface area contributed by atoms with Crippen molar-refractivity contribution < 1.29 is 19.0 Å². The number of benzene rings is 1. The Bertz CT molecular complexity index is 824. The fraction of sp³-hybridized carbons (Fsp3) is 0.455. The van der Waals surface area contributed by atoms with Gasteiger partial charge in [0.25, 0.3) is 5.91 Å². The number of amides is 1. The molecule has 1 amide bonds. The summed E-state index contributed by atoms with van der Waals surface area (Å²) in [6.45, 7) is 3.60. The van der Waals surface area contributed by atoms with Crippen molar-refractivity contribution in [2.75, 3.05) is 44.9 Å². The van der Waals surface area contributed by atoms with Crippen LogP contribution in [0.15, 0.2) is 42.6 Å². The Morgan fingerprint density at radius 3 is 2.62 bits per heavy atom. The molecule has 4 rings (SSSR count). The number of aromatic nitrogens is 1. The highest BCUT2D eigenvalue weighted by atomic mass is 16.7. The molecule has 0 aliphatic carbocycles. The van der Waals surface area contributed by atoms with E-state index in [0.29, 0.717) is 31.9 Å². The molecule has 1 spiro atoms. The summed E-state index contributed by atoms with van der Waals surface area (Å²) < 4.78 is 16.9.